The number of hydrogen-bond donors (Lipinski definition) is 1. The molecule has 0 unspecified atom stereocenters. The molecule has 0 aromatic heterocycles. The molecular weight excluding hydrogens is 436 g/mol. The first-order chi connectivity index (χ1) is 16.5. The monoisotopic (exact) mass is 464 g/mol. The zero-order valence-electron chi connectivity index (χ0n) is 19.6. The number of ether oxygens (including phenoxy) is 5. The van der Waals surface area contributed by atoms with E-state index in [0.29, 0.717) is 17.2 Å². The SMILES string of the molecule is COc1cc(CCc2ccc3c(c2)OCO3)c(CCc2ccc(C(=O)O)c(OC)c2)cc1OC. The number of carboxylic acid groups (broad SMARTS) is 1. The zero-order chi connectivity index (χ0) is 24.1. The average Bonchev–Trinajstić information content (AvgIpc) is 3.33. The van der Waals surface area contributed by atoms with E-state index in [4.69, 9.17) is 23.7 Å². The van der Waals surface area contributed by atoms with Gasteiger partial charge in [-0.1, -0.05) is 12.1 Å². The Bertz CT molecular complexity index is 1190. The first kappa shape index (κ1) is 23.3. The highest BCUT2D eigenvalue weighted by Gasteiger charge is 2.16. The molecule has 0 saturated heterocycles. The summed E-state index contributed by atoms with van der Waals surface area (Å²) < 4.78 is 27.3. The van der Waals surface area contributed by atoms with Gasteiger partial charge in [0.05, 0.1) is 21.3 Å². The van der Waals surface area contributed by atoms with E-state index in [1.165, 1.54) is 18.2 Å². The van der Waals surface area contributed by atoms with Crippen molar-refractivity contribution in [2.24, 2.45) is 0 Å². The van der Waals surface area contributed by atoms with Crippen molar-refractivity contribution in [3.63, 3.8) is 0 Å². The lowest BCUT2D eigenvalue weighted by Gasteiger charge is -2.16. The lowest BCUT2D eigenvalue weighted by molar-refractivity contribution is 0.0693. The molecule has 0 saturated carbocycles. The molecule has 0 bridgehead atoms. The van der Waals surface area contributed by atoms with Crippen LogP contribution < -0.4 is 23.7 Å². The number of aryl methyl sites for hydroxylation is 4. The van der Waals surface area contributed by atoms with Gasteiger partial charge in [-0.25, -0.2) is 4.79 Å². The van der Waals surface area contributed by atoms with Gasteiger partial charge < -0.3 is 28.8 Å². The topological polar surface area (TPSA) is 83.5 Å². The highest BCUT2D eigenvalue weighted by atomic mass is 16.7. The van der Waals surface area contributed by atoms with Gasteiger partial charge in [0.2, 0.25) is 6.79 Å². The van der Waals surface area contributed by atoms with Crippen LogP contribution in [0.15, 0.2) is 48.5 Å². The number of hydrogen-bond acceptors (Lipinski definition) is 6. The average molecular weight is 465 g/mol. The fraction of sp³-hybridized carbons (Fsp3) is 0.296. The third-order valence-corrected chi connectivity index (χ3v) is 6.01. The van der Waals surface area contributed by atoms with Crippen LogP contribution in [0.4, 0.5) is 0 Å². The lowest BCUT2D eigenvalue weighted by atomic mass is 9.94. The first-order valence-electron chi connectivity index (χ1n) is 11.0. The smallest absolute Gasteiger partial charge is 0.339 e. The van der Waals surface area contributed by atoms with Gasteiger partial charge >= 0.3 is 5.97 Å². The molecule has 7 nitrogen and oxygen atoms in total. The Hall–Kier alpha value is -3.87. The van der Waals surface area contributed by atoms with E-state index in [1.807, 2.05) is 30.3 Å². The zero-order valence-corrected chi connectivity index (χ0v) is 19.6. The summed E-state index contributed by atoms with van der Waals surface area (Å²) in [4.78, 5) is 11.4. The van der Waals surface area contributed by atoms with Gasteiger partial charge in [-0.15, -0.1) is 0 Å². The molecule has 1 N–H and O–H groups in total. The standard InChI is InChI=1S/C27H28O7/c1-30-23-12-17(6-10-21(23)27(28)29)4-8-19-14-24(31-2)25(32-3)15-20(19)9-5-18-7-11-22-26(13-18)34-16-33-22/h6-7,10-15H,4-5,8-9,16H2,1-3H3,(H,28,29). The van der Waals surface area contributed by atoms with Crippen LogP contribution in [-0.4, -0.2) is 39.2 Å². The van der Waals surface area contributed by atoms with E-state index < -0.39 is 5.97 Å². The van der Waals surface area contributed by atoms with Crippen molar-refractivity contribution in [2.75, 3.05) is 28.1 Å². The van der Waals surface area contributed by atoms with Crippen LogP contribution in [0, 0.1) is 0 Å². The molecule has 178 valence electrons. The molecule has 1 aliphatic rings. The van der Waals surface area contributed by atoms with Gasteiger partial charge in [-0.2, -0.15) is 0 Å². The van der Waals surface area contributed by atoms with Crippen LogP contribution in [-0.2, 0) is 25.7 Å². The van der Waals surface area contributed by atoms with Gasteiger partial charge in [-0.05, 0) is 84.3 Å². The molecule has 3 aromatic rings. The van der Waals surface area contributed by atoms with Gasteiger partial charge in [0.15, 0.2) is 23.0 Å². The third kappa shape index (κ3) is 5.03. The van der Waals surface area contributed by atoms with Gasteiger partial charge in [0, 0.05) is 0 Å². The summed E-state index contributed by atoms with van der Waals surface area (Å²) in [6.07, 6.45) is 3.13. The largest absolute Gasteiger partial charge is 0.496 e. The summed E-state index contributed by atoms with van der Waals surface area (Å²) >= 11 is 0. The summed E-state index contributed by atoms with van der Waals surface area (Å²) in [5.74, 6) is 2.29. The Balaban J connectivity index is 1.55. The molecule has 7 heteroatoms. The van der Waals surface area contributed by atoms with Crippen molar-refractivity contribution in [2.45, 2.75) is 25.7 Å². The molecule has 4 rings (SSSR count). The van der Waals surface area contributed by atoms with Crippen molar-refractivity contribution >= 4 is 5.97 Å². The minimum atomic E-state index is -1.01. The number of rotatable bonds is 10. The van der Waals surface area contributed by atoms with Crippen molar-refractivity contribution in [3.05, 3.63) is 76.3 Å². The molecule has 0 atom stereocenters. The predicted octanol–water partition coefficient (Wildman–Crippen LogP) is 4.71. The molecular formula is C27H28O7. The molecule has 0 radical (unpaired) electrons. The fourth-order valence-corrected chi connectivity index (χ4v) is 4.15. The van der Waals surface area contributed by atoms with E-state index in [2.05, 4.69) is 6.07 Å². The van der Waals surface area contributed by atoms with Crippen LogP contribution in [0.5, 0.6) is 28.7 Å². The maximum Gasteiger partial charge on any atom is 0.339 e. The first-order valence-corrected chi connectivity index (χ1v) is 11.0. The van der Waals surface area contributed by atoms with E-state index in [0.717, 1.165) is 48.3 Å². The minimum Gasteiger partial charge on any atom is -0.496 e. The number of benzene rings is 3. The quantitative estimate of drug-likeness (QED) is 0.465. The Morgan fingerprint density at radius 2 is 1.29 bits per heavy atom. The summed E-state index contributed by atoms with van der Waals surface area (Å²) in [5, 5.41) is 9.32. The van der Waals surface area contributed by atoms with Crippen LogP contribution >= 0.6 is 0 Å². The van der Waals surface area contributed by atoms with Crippen LogP contribution in [0.25, 0.3) is 0 Å². The Morgan fingerprint density at radius 3 is 1.88 bits per heavy atom. The molecule has 3 aromatic carbocycles. The Labute approximate surface area is 198 Å². The van der Waals surface area contributed by atoms with Gasteiger partial charge in [-0.3, -0.25) is 0 Å². The van der Waals surface area contributed by atoms with E-state index in [9.17, 15) is 9.90 Å². The highest BCUT2D eigenvalue weighted by molar-refractivity contribution is 5.91. The minimum absolute atomic E-state index is 0.154. The third-order valence-electron chi connectivity index (χ3n) is 6.01. The van der Waals surface area contributed by atoms with Crippen LogP contribution in [0.1, 0.15) is 32.6 Å². The highest BCUT2D eigenvalue weighted by Crippen LogP contribution is 2.35. The second-order valence-electron chi connectivity index (χ2n) is 8.00. The molecule has 0 spiro atoms. The number of aromatic carboxylic acids is 1. The molecule has 1 aliphatic heterocycles. The number of carboxylic acids is 1. The Morgan fingerprint density at radius 1 is 0.735 bits per heavy atom. The van der Waals surface area contributed by atoms with Crippen molar-refractivity contribution in [1.29, 1.82) is 0 Å². The summed E-state index contributed by atoms with van der Waals surface area (Å²) in [6, 6.07) is 15.3. The summed E-state index contributed by atoms with van der Waals surface area (Å²) in [6.45, 7) is 0.261. The summed E-state index contributed by atoms with van der Waals surface area (Å²) in [7, 11) is 4.74. The van der Waals surface area contributed by atoms with Gasteiger partial charge in [0.1, 0.15) is 11.3 Å². The molecule has 0 amide bonds. The van der Waals surface area contributed by atoms with Crippen molar-refractivity contribution in [1.82, 2.24) is 0 Å². The Kier molecular flexibility index (Phi) is 7.11. The number of fused-ring (bicyclic) bond motifs is 1. The fourth-order valence-electron chi connectivity index (χ4n) is 4.15. The molecule has 0 aliphatic carbocycles. The molecule has 34 heavy (non-hydrogen) atoms. The molecule has 1 heterocycles. The second-order valence-corrected chi connectivity index (χ2v) is 8.00. The van der Waals surface area contributed by atoms with Crippen molar-refractivity contribution in [3.8, 4) is 28.7 Å². The predicted molar refractivity (Wildman–Crippen MR) is 127 cm³/mol. The maximum atomic E-state index is 11.4. The van der Waals surface area contributed by atoms with Crippen LogP contribution in [0.2, 0.25) is 0 Å². The summed E-state index contributed by atoms with van der Waals surface area (Å²) in [5.41, 5.74) is 4.64. The lowest BCUT2D eigenvalue weighted by Crippen LogP contribution is -2.04. The maximum absolute atomic E-state index is 11.4. The number of carbonyl (C=O) groups is 1. The van der Waals surface area contributed by atoms with Crippen molar-refractivity contribution < 1.29 is 33.6 Å². The van der Waals surface area contributed by atoms with E-state index >= 15 is 0 Å². The second kappa shape index (κ2) is 10.4. The van der Waals surface area contributed by atoms with E-state index in [-0.39, 0.29) is 12.4 Å². The normalized spacial score (nSPS) is 11.9. The van der Waals surface area contributed by atoms with Crippen LogP contribution in [0.3, 0.4) is 0 Å². The van der Waals surface area contributed by atoms with Gasteiger partial charge in [0.25, 0.3) is 0 Å². The number of methoxy groups -OCH3 is 3. The van der Waals surface area contributed by atoms with E-state index in [1.54, 1.807) is 26.4 Å². The molecule has 0 fully saturated rings.